The molecular formula is C19H25FN4O. The van der Waals surface area contributed by atoms with Crippen LogP contribution in [0, 0.1) is 5.82 Å². The van der Waals surface area contributed by atoms with E-state index in [1.165, 1.54) is 12.1 Å². The van der Waals surface area contributed by atoms with Gasteiger partial charge in [0.25, 0.3) is 0 Å². The Hall–Kier alpha value is -2.63. The highest BCUT2D eigenvalue weighted by atomic mass is 19.1. The second-order valence-corrected chi connectivity index (χ2v) is 5.74. The fourth-order valence-electron chi connectivity index (χ4n) is 2.27. The molecule has 2 rings (SSSR count). The van der Waals surface area contributed by atoms with Gasteiger partial charge in [-0.3, -0.25) is 4.99 Å². The van der Waals surface area contributed by atoms with Gasteiger partial charge in [0.05, 0.1) is 0 Å². The molecule has 0 saturated heterocycles. The minimum absolute atomic E-state index is 0.293. The van der Waals surface area contributed by atoms with E-state index in [0.29, 0.717) is 18.2 Å². The van der Waals surface area contributed by atoms with Crippen LogP contribution >= 0.6 is 0 Å². The molecule has 1 aromatic carbocycles. The molecule has 0 saturated carbocycles. The molecule has 0 fully saturated rings. The first kappa shape index (κ1) is 18.7. The van der Waals surface area contributed by atoms with E-state index in [1.807, 2.05) is 13.1 Å². The molecule has 2 aromatic rings. The number of benzene rings is 1. The van der Waals surface area contributed by atoms with Gasteiger partial charge in [-0.2, -0.15) is 0 Å². The van der Waals surface area contributed by atoms with Gasteiger partial charge in [0.1, 0.15) is 11.6 Å². The topological polar surface area (TPSA) is 49.8 Å². The molecule has 25 heavy (non-hydrogen) atoms. The highest BCUT2D eigenvalue weighted by Gasteiger charge is 2.05. The van der Waals surface area contributed by atoms with Crippen LogP contribution in [0.5, 0.6) is 11.6 Å². The molecule has 0 spiro atoms. The van der Waals surface area contributed by atoms with Gasteiger partial charge in [-0.25, -0.2) is 9.37 Å². The normalized spacial score (nSPS) is 11.3. The van der Waals surface area contributed by atoms with Crippen LogP contribution in [0.3, 0.4) is 0 Å². The Labute approximate surface area is 148 Å². The minimum atomic E-state index is -0.293. The first-order chi connectivity index (χ1) is 12.1. The maximum absolute atomic E-state index is 12.9. The van der Waals surface area contributed by atoms with E-state index >= 15 is 0 Å². The number of hydrogen-bond donors (Lipinski definition) is 1. The van der Waals surface area contributed by atoms with Crippen LogP contribution in [-0.2, 0) is 6.54 Å². The van der Waals surface area contributed by atoms with E-state index in [1.54, 1.807) is 31.4 Å². The minimum Gasteiger partial charge on any atom is -0.439 e. The summed E-state index contributed by atoms with van der Waals surface area (Å²) in [7, 11) is 3.81. The third-order valence-electron chi connectivity index (χ3n) is 3.70. The van der Waals surface area contributed by atoms with Crippen molar-refractivity contribution in [2.75, 3.05) is 20.6 Å². The number of aliphatic imine (C=N–C) groups is 1. The van der Waals surface area contributed by atoms with Gasteiger partial charge in [0.2, 0.25) is 5.88 Å². The van der Waals surface area contributed by atoms with Gasteiger partial charge in [0, 0.05) is 39.4 Å². The Morgan fingerprint density at radius 3 is 2.60 bits per heavy atom. The van der Waals surface area contributed by atoms with Gasteiger partial charge < -0.3 is 15.0 Å². The summed E-state index contributed by atoms with van der Waals surface area (Å²) in [5.41, 5.74) is 1.02. The second-order valence-electron chi connectivity index (χ2n) is 5.74. The molecule has 1 heterocycles. The van der Waals surface area contributed by atoms with Crippen molar-refractivity contribution in [2.24, 2.45) is 4.99 Å². The number of nitrogens with one attached hydrogen (secondary N) is 1. The molecule has 0 bridgehead atoms. The summed E-state index contributed by atoms with van der Waals surface area (Å²) in [6.45, 7) is 3.77. The zero-order chi connectivity index (χ0) is 18.1. The largest absolute Gasteiger partial charge is 0.439 e. The van der Waals surface area contributed by atoms with E-state index in [4.69, 9.17) is 4.74 Å². The summed E-state index contributed by atoms with van der Waals surface area (Å²) in [5, 5.41) is 3.32. The maximum atomic E-state index is 12.9. The van der Waals surface area contributed by atoms with E-state index in [-0.39, 0.29) is 5.82 Å². The van der Waals surface area contributed by atoms with E-state index in [2.05, 4.69) is 27.1 Å². The molecule has 0 aliphatic carbocycles. The van der Waals surface area contributed by atoms with Gasteiger partial charge in [-0.15, -0.1) is 0 Å². The standard InChI is InChI=1S/C19H25FN4O/c1-4-5-12-24(3)19(21-2)23-14-15-6-11-18(22-13-15)25-17-9-7-16(20)8-10-17/h6-11,13H,4-5,12,14H2,1-3H3,(H,21,23). The van der Waals surface area contributed by atoms with Crippen LogP contribution in [0.2, 0.25) is 0 Å². The number of nitrogens with zero attached hydrogens (tertiary/aromatic N) is 3. The average molecular weight is 344 g/mol. The number of pyridine rings is 1. The first-order valence-electron chi connectivity index (χ1n) is 8.42. The third kappa shape index (κ3) is 6.06. The van der Waals surface area contributed by atoms with Crippen molar-refractivity contribution in [1.82, 2.24) is 15.2 Å². The van der Waals surface area contributed by atoms with Crippen molar-refractivity contribution in [3.8, 4) is 11.6 Å². The van der Waals surface area contributed by atoms with Gasteiger partial charge in [-0.05, 0) is 36.2 Å². The summed E-state index contributed by atoms with van der Waals surface area (Å²) >= 11 is 0. The smallest absolute Gasteiger partial charge is 0.219 e. The molecule has 0 aliphatic rings. The van der Waals surface area contributed by atoms with Crippen molar-refractivity contribution in [1.29, 1.82) is 0 Å². The lowest BCUT2D eigenvalue weighted by atomic mass is 10.3. The lowest BCUT2D eigenvalue weighted by Crippen LogP contribution is -2.38. The SMILES string of the molecule is CCCCN(C)C(=NC)NCc1ccc(Oc2ccc(F)cc2)nc1. The molecule has 1 aromatic heterocycles. The summed E-state index contributed by atoms with van der Waals surface area (Å²) in [5.74, 6) is 1.59. The summed E-state index contributed by atoms with van der Waals surface area (Å²) < 4.78 is 18.5. The number of hydrogen-bond acceptors (Lipinski definition) is 3. The van der Waals surface area contributed by atoms with Crippen LogP contribution in [0.25, 0.3) is 0 Å². The third-order valence-corrected chi connectivity index (χ3v) is 3.70. The monoisotopic (exact) mass is 344 g/mol. The van der Waals surface area contributed by atoms with Crippen LogP contribution in [0.15, 0.2) is 47.6 Å². The summed E-state index contributed by atoms with van der Waals surface area (Å²) in [6.07, 6.45) is 4.04. The Bertz CT molecular complexity index is 671. The number of rotatable bonds is 7. The van der Waals surface area contributed by atoms with Crippen molar-refractivity contribution in [3.63, 3.8) is 0 Å². The Morgan fingerprint density at radius 2 is 2.00 bits per heavy atom. The predicted octanol–water partition coefficient (Wildman–Crippen LogP) is 3.82. The number of unbranched alkanes of at least 4 members (excludes halogenated alkanes) is 1. The van der Waals surface area contributed by atoms with Gasteiger partial charge in [-0.1, -0.05) is 19.4 Å². The van der Waals surface area contributed by atoms with Crippen LogP contribution < -0.4 is 10.1 Å². The molecule has 134 valence electrons. The Balaban J connectivity index is 1.88. The van der Waals surface area contributed by atoms with Crippen LogP contribution in [0.1, 0.15) is 25.3 Å². The maximum Gasteiger partial charge on any atom is 0.219 e. The second kappa shape index (κ2) is 9.61. The molecule has 0 aliphatic heterocycles. The zero-order valence-corrected chi connectivity index (χ0v) is 15.0. The highest BCUT2D eigenvalue weighted by molar-refractivity contribution is 5.79. The van der Waals surface area contributed by atoms with Gasteiger partial charge >= 0.3 is 0 Å². The van der Waals surface area contributed by atoms with E-state index in [0.717, 1.165) is 30.9 Å². The highest BCUT2D eigenvalue weighted by Crippen LogP contribution is 2.19. The number of halogens is 1. The molecule has 0 unspecified atom stereocenters. The van der Waals surface area contributed by atoms with Crippen molar-refractivity contribution < 1.29 is 9.13 Å². The lowest BCUT2D eigenvalue weighted by Gasteiger charge is -2.21. The van der Waals surface area contributed by atoms with Crippen molar-refractivity contribution >= 4 is 5.96 Å². The van der Waals surface area contributed by atoms with Crippen molar-refractivity contribution in [3.05, 3.63) is 54.0 Å². The Kier molecular flexibility index (Phi) is 7.19. The average Bonchev–Trinajstić information content (AvgIpc) is 2.63. The van der Waals surface area contributed by atoms with Gasteiger partial charge in [0.15, 0.2) is 5.96 Å². The molecule has 5 nitrogen and oxygen atoms in total. The van der Waals surface area contributed by atoms with Crippen LogP contribution in [0.4, 0.5) is 4.39 Å². The predicted molar refractivity (Wildman–Crippen MR) is 98.4 cm³/mol. The quantitative estimate of drug-likeness (QED) is 0.613. The molecule has 0 atom stereocenters. The molecule has 1 N–H and O–H groups in total. The summed E-state index contributed by atoms with van der Waals surface area (Å²) in [6, 6.07) is 9.59. The van der Waals surface area contributed by atoms with Crippen LogP contribution in [-0.4, -0.2) is 36.5 Å². The Morgan fingerprint density at radius 1 is 1.24 bits per heavy atom. The fraction of sp³-hybridized carbons (Fsp3) is 0.368. The lowest BCUT2D eigenvalue weighted by molar-refractivity contribution is 0.459. The molecule has 6 heteroatoms. The molecular weight excluding hydrogens is 319 g/mol. The fourth-order valence-corrected chi connectivity index (χ4v) is 2.27. The number of ether oxygens (including phenoxy) is 1. The summed E-state index contributed by atoms with van der Waals surface area (Å²) in [4.78, 5) is 10.7. The van der Waals surface area contributed by atoms with E-state index in [9.17, 15) is 4.39 Å². The number of aromatic nitrogens is 1. The first-order valence-corrected chi connectivity index (χ1v) is 8.42. The molecule has 0 radical (unpaired) electrons. The zero-order valence-electron chi connectivity index (χ0n) is 15.0. The number of guanidine groups is 1. The van der Waals surface area contributed by atoms with E-state index < -0.39 is 0 Å². The molecule has 0 amide bonds. The van der Waals surface area contributed by atoms with Crippen molar-refractivity contribution in [2.45, 2.75) is 26.3 Å².